The number of carbonyl (C=O) groups is 1. The van der Waals surface area contributed by atoms with Crippen molar-refractivity contribution in [2.75, 3.05) is 31.1 Å². The molecule has 12 heteroatoms. The molecule has 2 aliphatic rings. The second kappa shape index (κ2) is 10.0. The summed E-state index contributed by atoms with van der Waals surface area (Å²) in [4.78, 5) is 21.7. The Morgan fingerprint density at radius 1 is 1.07 bits per heavy atom. The van der Waals surface area contributed by atoms with Gasteiger partial charge in [-0.15, -0.1) is 0 Å². The number of fused-ring (bicyclic) bond motifs is 2. The zero-order valence-corrected chi connectivity index (χ0v) is 23.8. The van der Waals surface area contributed by atoms with Crippen molar-refractivity contribution < 1.29 is 22.7 Å². The predicted octanol–water partition coefficient (Wildman–Crippen LogP) is 5.55. The van der Waals surface area contributed by atoms with E-state index in [2.05, 4.69) is 26.0 Å². The van der Waals surface area contributed by atoms with Gasteiger partial charge >= 0.3 is 12.3 Å². The number of hydrogen-bond donors (Lipinski definition) is 0. The molecule has 2 fully saturated rings. The first-order valence-electron chi connectivity index (χ1n) is 14.0. The molecule has 0 bridgehead atoms. The van der Waals surface area contributed by atoms with Crippen molar-refractivity contribution >= 4 is 28.3 Å². The van der Waals surface area contributed by atoms with Gasteiger partial charge in [0.15, 0.2) is 5.82 Å². The summed E-state index contributed by atoms with van der Waals surface area (Å²) in [7, 11) is 0. The normalized spacial score (nSPS) is 17.5. The highest BCUT2D eigenvalue weighted by atomic mass is 19.4. The lowest BCUT2D eigenvalue weighted by molar-refractivity contribution is -0.127. The van der Waals surface area contributed by atoms with E-state index in [1.165, 1.54) is 27.7 Å². The second-order valence-electron chi connectivity index (χ2n) is 12.5. The maximum atomic E-state index is 12.9. The van der Waals surface area contributed by atoms with Gasteiger partial charge < -0.3 is 9.64 Å². The number of nitrogens with zero attached hydrogens (tertiary/aromatic N) is 7. The van der Waals surface area contributed by atoms with Crippen LogP contribution in [0.3, 0.4) is 0 Å². The Bertz CT molecular complexity index is 1690. The molecule has 42 heavy (non-hydrogen) atoms. The van der Waals surface area contributed by atoms with E-state index < -0.39 is 24.3 Å². The van der Waals surface area contributed by atoms with Crippen molar-refractivity contribution in [3.8, 4) is 6.07 Å². The quantitative estimate of drug-likeness (QED) is 0.313. The van der Waals surface area contributed by atoms with E-state index in [0.717, 1.165) is 56.5 Å². The molecule has 0 aliphatic carbocycles. The molecule has 9 nitrogen and oxygen atoms in total. The molecule has 0 N–H and O–H groups in total. The number of carbonyl (C=O) groups excluding carboxylic acids is 1. The van der Waals surface area contributed by atoms with Crippen molar-refractivity contribution in [3.63, 3.8) is 0 Å². The Balaban J connectivity index is 1.09. The highest BCUT2D eigenvalue weighted by Gasteiger charge is 2.45. The van der Waals surface area contributed by atoms with Crippen molar-refractivity contribution in [1.29, 1.82) is 5.26 Å². The number of aromatic nitrogens is 4. The summed E-state index contributed by atoms with van der Waals surface area (Å²) in [5.41, 5.74) is 2.30. The van der Waals surface area contributed by atoms with Crippen LogP contribution in [0, 0.1) is 16.7 Å². The summed E-state index contributed by atoms with van der Waals surface area (Å²) < 4.78 is 47.1. The fraction of sp³-hybridized carbons (Fsp3) is 0.467. The lowest BCUT2D eigenvalue weighted by Crippen LogP contribution is -2.59. The SMILES string of the molecule is CC(C)(C)OC(=O)n1c(C#N)cc2cc(CN3CC4(CCN(c5ncnn6cc(CC(F)(F)F)cc56)CC4)C3)ccc21. The van der Waals surface area contributed by atoms with Gasteiger partial charge in [0.2, 0.25) is 0 Å². The van der Waals surface area contributed by atoms with E-state index in [4.69, 9.17) is 4.74 Å². The molecule has 0 saturated carbocycles. The van der Waals surface area contributed by atoms with Crippen molar-refractivity contribution in [3.05, 3.63) is 59.7 Å². The van der Waals surface area contributed by atoms with Gasteiger partial charge in [0, 0.05) is 44.3 Å². The maximum absolute atomic E-state index is 12.9. The first kappa shape index (κ1) is 28.0. The predicted molar refractivity (Wildman–Crippen MR) is 150 cm³/mol. The van der Waals surface area contributed by atoms with E-state index in [1.54, 1.807) is 26.8 Å². The molecule has 220 valence electrons. The molecule has 0 amide bonds. The number of anilines is 1. The molecule has 5 heterocycles. The number of likely N-dealkylation sites (tertiary alicyclic amines) is 1. The average molecular weight is 580 g/mol. The van der Waals surface area contributed by atoms with Crippen LogP contribution in [0.2, 0.25) is 0 Å². The molecule has 0 radical (unpaired) electrons. The van der Waals surface area contributed by atoms with Gasteiger partial charge in [-0.3, -0.25) is 4.90 Å². The van der Waals surface area contributed by atoms with Crippen molar-refractivity contribution in [2.24, 2.45) is 5.41 Å². The van der Waals surface area contributed by atoms with Crippen LogP contribution in [0.15, 0.2) is 42.9 Å². The van der Waals surface area contributed by atoms with E-state index in [9.17, 15) is 23.2 Å². The van der Waals surface area contributed by atoms with Crippen LogP contribution in [0.1, 0.15) is 50.4 Å². The molecule has 2 saturated heterocycles. The van der Waals surface area contributed by atoms with Crippen molar-refractivity contribution in [2.45, 2.75) is 58.4 Å². The van der Waals surface area contributed by atoms with E-state index in [-0.39, 0.29) is 16.7 Å². The Morgan fingerprint density at radius 3 is 2.48 bits per heavy atom. The average Bonchev–Trinajstić information content (AvgIpc) is 3.46. The monoisotopic (exact) mass is 579 g/mol. The number of alkyl halides is 3. The first-order valence-corrected chi connectivity index (χ1v) is 14.0. The van der Waals surface area contributed by atoms with Crippen LogP contribution in [0.4, 0.5) is 23.8 Å². The molecular formula is C30H32F3N7O2. The molecule has 4 aromatic rings. The Kier molecular flexibility index (Phi) is 6.68. The van der Waals surface area contributed by atoms with E-state index in [1.807, 2.05) is 18.2 Å². The fourth-order valence-electron chi connectivity index (χ4n) is 6.27. The van der Waals surface area contributed by atoms with Crippen LogP contribution in [-0.4, -0.2) is 68.1 Å². The summed E-state index contributed by atoms with van der Waals surface area (Å²) in [5, 5.41) is 14.5. The third-order valence-electron chi connectivity index (χ3n) is 8.05. The Labute approximate surface area is 241 Å². The molecule has 6 rings (SSSR count). The van der Waals surface area contributed by atoms with Crippen LogP contribution in [0.25, 0.3) is 16.4 Å². The number of rotatable bonds is 4. The fourth-order valence-corrected chi connectivity index (χ4v) is 6.27. The molecular weight excluding hydrogens is 547 g/mol. The number of piperidine rings is 1. The lowest BCUT2D eigenvalue weighted by Gasteiger charge is -2.54. The molecule has 3 aromatic heterocycles. The third-order valence-corrected chi connectivity index (χ3v) is 8.05. The molecule has 1 spiro atoms. The van der Waals surface area contributed by atoms with Gasteiger partial charge in [-0.1, -0.05) is 6.07 Å². The van der Waals surface area contributed by atoms with Crippen LogP contribution < -0.4 is 4.90 Å². The number of benzene rings is 1. The van der Waals surface area contributed by atoms with Crippen LogP contribution >= 0.6 is 0 Å². The molecule has 0 atom stereocenters. The highest BCUT2D eigenvalue weighted by Crippen LogP contribution is 2.42. The van der Waals surface area contributed by atoms with Crippen LogP contribution in [0.5, 0.6) is 0 Å². The van der Waals surface area contributed by atoms with Gasteiger partial charge in [0.05, 0.1) is 11.9 Å². The zero-order valence-electron chi connectivity index (χ0n) is 23.8. The molecule has 0 unspecified atom stereocenters. The number of nitriles is 1. The summed E-state index contributed by atoms with van der Waals surface area (Å²) >= 11 is 0. The zero-order chi connectivity index (χ0) is 29.9. The van der Waals surface area contributed by atoms with Gasteiger partial charge in [0.25, 0.3) is 0 Å². The van der Waals surface area contributed by atoms with Crippen molar-refractivity contribution in [1.82, 2.24) is 24.1 Å². The van der Waals surface area contributed by atoms with E-state index in [0.29, 0.717) is 16.9 Å². The Hall–Kier alpha value is -4.11. The minimum Gasteiger partial charge on any atom is -0.443 e. The topological polar surface area (TPSA) is 91.7 Å². The van der Waals surface area contributed by atoms with E-state index >= 15 is 0 Å². The minimum atomic E-state index is -4.28. The molecule has 1 aromatic carbocycles. The summed E-state index contributed by atoms with van der Waals surface area (Å²) in [6, 6.07) is 11.2. The number of hydrogen-bond acceptors (Lipinski definition) is 7. The molecule has 2 aliphatic heterocycles. The largest absolute Gasteiger partial charge is 0.443 e. The summed E-state index contributed by atoms with van der Waals surface area (Å²) in [6.07, 6.45) is -1.07. The minimum absolute atomic E-state index is 0.177. The Morgan fingerprint density at radius 2 is 1.81 bits per heavy atom. The standard InChI is InChI=1S/C30H32F3N7O2/c1-28(2,3)42-27(41)40-23(14-34)12-22-10-20(4-5-24(22)40)15-37-17-29(18-37)6-8-38(9-7-29)26-25-11-21(13-30(31,32)33)16-39(25)36-19-35-26/h4-5,10-12,16,19H,6-9,13,15,17-18H2,1-3H3. The van der Waals surface area contributed by atoms with Gasteiger partial charge in [-0.25, -0.2) is 18.9 Å². The second-order valence-corrected chi connectivity index (χ2v) is 12.5. The number of halogens is 3. The first-order chi connectivity index (χ1) is 19.8. The summed E-state index contributed by atoms with van der Waals surface area (Å²) in [6.45, 7) is 9.61. The third kappa shape index (κ3) is 5.53. The lowest BCUT2D eigenvalue weighted by atomic mass is 9.72. The maximum Gasteiger partial charge on any atom is 0.420 e. The van der Waals surface area contributed by atoms with Gasteiger partial charge in [-0.05, 0) is 74.4 Å². The van der Waals surface area contributed by atoms with Gasteiger partial charge in [0.1, 0.15) is 29.2 Å². The number of ether oxygens (including phenoxy) is 1. The van der Waals surface area contributed by atoms with Crippen LogP contribution in [-0.2, 0) is 17.7 Å². The smallest absolute Gasteiger partial charge is 0.420 e. The van der Waals surface area contributed by atoms with Gasteiger partial charge in [-0.2, -0.15) is 23.5 Å². The summed E-state index contributed by atoms with van der Waals surface area (Å²) in [5.74, 6) is 0.674. The highest BCUT2D eigenvalue weighted by molar-refractivity contribution is 5.92.